The van der Waals surface area contributed by atoms with E-state index in [0.717, 1.165) is 128 Å². The summed E-state index contributed by atoms with van der Waals surface area (Å²) in [5.74, 6) is -1.24. The van der Waals surface area contributed by atoms with Crippen LogP contribution in [0.3, 0.4) is 0 Å². The van der Waals surface area contributed by atoms with Crippen molar-refractivity contribution in [3.63, 3.8) is 0 Å². The van der Waals surface area contributed by atoms with E-state index in [0.29, 0.717) is 12.8 Å². The van der Waals surface area contributed by atoms with Crippen LogP contribution in [0, 0.1) is 0 Å². The summed E-state index contributed by atoms with van der Waals surface area (Å²) in [5, 5.41) is 56.9. The Kier molecular flexibility index (Phi) is 49.1. The molecular formula is C66H111NO10. The lowest BCUT2D eigenvalue weighted by Gasteiger charge is -2.41. The summed E-state index contributed by atoms with van der Waals surface area (Å²) >= 11 is 0. The number of unbranched alkanes of at least 4 members (excludes halogenated alkanes) is 21. The number of nitrogens with one attached hydrogen (secondary N) is 1. The number of aliphatic hydroxyl groups excluding tert-OH is 5. The highest BCUT2D eigenvalue weighted by Gasteiger charge is 2.47. The van der Waals surface area contributed by atoms with Crippen LogP contribution >= 0.6 is 0 Å². The van der Waals surface area contributed by atoms with Crippen molar-refractivity contribution in [2.24, 2.45) is 0 Å². The average Bonchev–Trinajstić information content (AvgIpc) is 3.43. The van der Waals surface area contributed by atoms with Crippen molar-refractivity contribution in [1.82, 2.24) is 5.32 Å². The molecule has 0 aliphatic carbocycles. The lowest BCUT2D eigenvalue weighted by molar-refractivity contribution is -0.305. The molecule has 0 aromatic heterocycles. The molecule has 1 amide bonds. The molecule has 0 bridgehead atoms. The number of allylic oxidation sites excluding steroid dienone is 17. The van der Waals surface area contributed by atoms with Crippen LogP contribution in [0.1, 0.15) is 233 Å². The molecule has 77 heavy (non-hydrogen) atoms. The molecular weight excluding hydrogens is 967 g/mol. The van der Waals surface area contributed by atoms with E-state index in [4.69, 9.17) is 14.2 Å². The van der Waals surface area contributed by atoms with Gasteiger partial charge in [0.05, 0.1) is 25.4 Å². The molecule has 8 unspecified atom stereocenters. The van der Waals surface area contributed by atoms with Gasteiger partial charge in [0, 0.05) is 6.42 Å². The number of carbonyl (C=O) groups excluding carboxylic acids is 2. The lowest BCUT2D eigenvalue weighted by atomic mass is 9.99. The van der Waals surface area contributed by atoms with Crippen LogP contribution in [0.2, 0.25) is 0 Å². The smallest absolute Gasteiger partial charge is 0.306 e. The lowest BCUT2D eigenvalue weighted by Crippen LogP contribution is -2.61. The van der Waals surface area contributed by atoms with Gasteiger partial charge in [0.15, 0.2) is 12.4 Å². The second-order valence-electron chi connectivity index (χ2n) is 20.7. The Balaban J connectivity index is 2.70. The van der Waals surface area contributed by atoms with Crippen molar-refractivity contribution >= 4 is 11.9 Å². The Morgan fingerprint density at radius 1 is 0.532 bits per heavy atom. The van der Waals surface area contributed by atoms with Crippen LogP contribution in [0.25, 0.3) is 0 Å². The van der Waals surface area contributed by atoms with E-state index in [1.165, 1.54) is 57.8 Å². The van der Waals surface area contributed by atoms with E-state index in [9.17, 15) is 35.1 Å². The molecule has 0 aromatic rings. The first-order valence-corrected chi connectivity index (χ1v) is 30.7. The summed E-state index contributed by atoms with van der Waals surface area (Å²) in [6, 6.07) is -1.05. The number of carbonyl (C=O) groups is 2. The monoisotopic (exact) mass is 1080 g/mol. The Morgan fingerprint density at radius 2 is 0.974 bits per heavy atom. The van der Waals surface area contributed by atoms with Gasteiger partial charge in [0.25, 0.3) is 0 Å². The zero-order valence-corrected chi connectivity index (χ0v) is 48.5. The third kappa shape index (κ3) is 41.1. The number of hydrogen-bond acceptors (Lipinski definition) is 10. The van der Waals surface area contributed by atoms with Crippen LogP contribution in [0.4, 0.5) is 0 Å². The van der Waals surface area contributed by atoms with Crippen molar-refractivity contribution in [3.8, 4) is 0 Å². The molecule has 1 aliphatic rings. The van der Waals surface area contributed by atoms with E-state index < -0.39 is 67.4 Å². The largest absolute Gasteiger partial charge is 0.454 e. The van der Waals surface area contributed by atoms with Gasteiger partial charge >= 0.3 is 5.97 Å². The highest BCUT2D eigenvalue weighted by molar-refractivity contribution is 5.80. The van der Waals surface area contributed by atoms with Gasteiger partial charge < -0.3 is 45.1 Å². The molecule has 1 heterocycles. The third-order valence-corrected chi connectivity index (χ3v) is 13.7. The number of amides is 1. The molecule has 1 aliphatic heterocycles. The molecule has 11 nitrogen and oxygen atoms in total. The summed E-state index contributed by atoms with van der Waals surface area (Å²) < 4.78 is 17.6. The molecule has 440 valence electrons. The minimum absolute atomic E-state index is 0.102. The standard InChI is InChI=1S/C66H111NO10/c1-4-7-10-13-16-19-22-24-26-27-28-29-30-31-32-34-35-38-41-44-47-50-53-59(70)65(74)67-57(58(69)52-49-46-43-40-37-21-18-15-12-9-6-3)56-75-66-64(63(73)62(72)60(55-68)76-66)77-61(71)54-51-48-45-42-39-36-33-25-23-20-17-14-11-8-5-2/h7,10,16-17,19-20,23-26,28-29,31-32,35,38,49,52,57-60,62-64,66,68-70,72-73H,4-6,8-9,11-15,18,21-22,27,30,33-34,36-37,39-48,50-51,53-56H2,1-3H3,(H,67,74)/b10-7-,19-16-,20-17+,25-23+,26-24-,29-28-,32-31-,38-35-,52-49+. The Bertz CT molecular complexity index is 1660. The van der Waals surface area contributed by atoms with E-state index in [1.807, 2.05) is 6.08 Å². The number of aliphatic hydroxyl groups is 5. The second-order valence-corrected chi connectivity index (χ2v) is 20.7. The van der Waals surface area contributed by atoms with Crippen molar-refractivity contribution in [3.05, 3.63) is 109 Å². The molecule has 1 saturated heterocycles. The first kappa shape index (κ1) is 71.3. The number of esters is 1. The van der Waals surface area contributed by atoms with Crippen LogP contribution in [0.5, 0.6) is 0 Å². The summed E-state index contributed by atoms with van der Waals surface area (Å²) in [4.78, 5) is 26.5. The van der Waals surface area contributed by atoms with Gasteiger partial charge in [-0.05, 0) is 103 Å². The summed E-state index contributed by atoms with van der Waals surface area (Å²) in [7, 11) is 0. The first-order valence-electron chi connectivity index (χ1n) is 30.7. The Morgan fingerprint density at radius 3 is 1.51 bits per heavy atom. The number of ether oxygens (including phenoxy) is 3. The summed E-state index contributed by atoms with van der Waals surface area (Å²) in [6.45, 7) is 5.60. The minimum atomic E-state index is -1.63. The zero-order chi connectivity index (χ0) is 56.1. The molecule has 0 saturated carbocycles. The third-order valence-electron chi connectivity index (χ3n) is 13.7. The van der Waals surface area contributed by atoms with Gasteiger partial charge in [-0.3, -0.25) is 9.59 Å². The molecule has 0 aromatic carbocycles. The fourth-order valence-electron chi connectivity index (χ4n) is 8.82. The van der Waals surface area contributed by atoms with Gasteiger partial charge in [0.1, 0.15) is 24.4 Å². The topological polar surface area (TPSA) is 175 Å². The van der Waals surface area contributed by atoms with Crippen LogP contribution in [0.15, 0.2) is 109 Å². The molecule has 0 radical (unpaired) electrons. The molecule has 11 heteroatoms. The van der Waals surface area contributed by atoms with Crippen LogP contribution in [-0.4, -0.2) is 99.6 Å². The maximum absolute atomic E-state index is 13.4. The fraction of sp³-hybridized carbons (Fsp3) is 0.697. The van der Waals surface area contributed by atoms with Crippen LogP contribution < -0.4 is 5.32 Å². The summed E-state index contributed by atoms with van der Waals surface area (Å²) in [6.07, 6.45) is 61.2. The Hall–Kier alpha value is -3.68. The molecule has 6 N–H and O–H groups in total. The predicted molar refractivity (Wildman–Crippen MR) is 319 cm³/mol. The highest BCUT2D eigenvalue weighted by Crippen LogP contribution is 2.26. The second kappa shape index (κ2) is 53.0. The molecule has 0 spiro atoms. The van der Waals surface area contributed by atoms with Gasteiger partial charge in [-0.2, -0.15) is 0 Å². The van der Waals surface area contributed by atoms with E-state index in [-0.39, 0.29) is 19.4 Å². The van der Waals surface area contributed by atoms with E-state index >= 15 is 0 Å². The normalized spacial score (nSPS) is 19.8. The average molecular weight is 1080 g/mol. The van der Waals surface area contributed by atoms with Crippen molar-refractivity contribution in [2.45, 2.75) is 282 Å². The van der Waals surface area contributed by atoms with Crippen molar-refractivity contribution in [1.29, 1.82) is 0 Å². The van der Waals surface area contributed by atoms with Gasteiger partial charge in [0.2, 0.25) is 5.91 Å². The molecule has 1 fully saturated rings. The number of hydrogen-bond donors (Lipinski definition) is 6. The highest BCUT2D eigenvalue weighted by atomic mass is 16.7. The predicted octanol–water partition coefficient (Wildman–Crippen LogP) is 14.5. The Labute approximate surface area is 468 Å². The SMILES string of the molecule is CC/C=C\C/C=C\C/C=C\C/C=C\C/C=C\C/C=C\CCCCCC(O)C(=O)NC(COC1OC(CO)C(O)C(O)C1OC(=O)CCCCCCCC/C=C/C=C/CCCCC)C(O)/C=C/CCCCCCCCCCC. The number of rotatable bonds is 50. The van der Waals surface area contributed by atoms with E-state index in [2.05, 4.69) is 123 Å². The van der Waals surface area contributed by atoms with Gasteiger partial charge in [-0.15, -0.1) is 0 Å². The van der Waals surface area contributed by atoms with E-state index in [1.54, 1.807) is 6.08 Å². The zero-order valence-electron chi connectivity index (χ0n) is 48.5. The van der Waals surface area contributed by atoms with Gasteiger partial charge in [-0.25, -0.2) is 0 Å². The maximum atomic E-state index is 13.4. The fourth-order valence-corrected chi connectivity index (χ4v) is 8.82. The quantitative estimate of drug-likeness (QED) is 0.0149. The summed E-state index contributed by atoms with van der Waals surface area (Å²) in [5.41, 5.74) is 0. The maximum Gasteiger partial charge on any atom is 0.306 e. The van der Waals surface area contributed by atoms with Gasteiger partial charge in [-0.1, -0.05) is 233 Å². The first-order chi connectivity index (χ1) is 37.7. The van der Waals surface area contributed by atoms with Crippen LogP contribution in [-0.2, 0) is 23.8 Å². The molecule has 8 atom stereocenters. The van der Waals surface area contributed by atoms with Crippen molar-refractivity contribution < 1.29 is 49.3 Å². The molecule has 1 rings (SSSR count). The van der Waals surface area contributed by atoms with Crippen molar-refractivity contribution in [2.75, 3.05) is 13.2 Å². The minimum Gasteiger partial charge on any atom is -0.454 e.